The molecule has 0 spiro atoms. The zero-order valence-electron chi connectivity index (χ0n) is 21.8. The van der Waals surface area contributed by atoms with Gasteiger partial charge in [-0.15, -0.1) is 0 Å². The second-order valence-electron chi connectivity index (χ2n) is 9.84. The van der Waals surface area contributed by atoms with Gasteiger partial charge < -0.3 is 19.3 Å². The average molecular weight is 495 g/mol. The molecule has 0 atom stereocenters. The van der Waals surface area contributed by atoms with E-state index in [1.54, 1.807) is 22.1 Å². The summed E-state index contributed by atoms with van der Waals surface area (Å²) in [5, 5.41) is 0. The summed E-state index contributed by atoms with van der Waals surface area (Å²) in [7, 11) is 1.29. The molecule has 0 aliphatic carbocycles. The highest BCUT2D eigenvalue weighted by molar-refractivity contribution is 5.99. The summed E-state index contributed by atoms with van der Waals surface area (Å²) in [5.74, 6) is -0.691. The molecule has 4 rings (SSSR count). The lowest BCUT2D eigenvalue weighted by Crippen LogP contribution is -2.63. The van der Waals surface area contributed by atoms with Crippen molar-refractivity contribution < 1.29 is 23.9 Å². The fraction of sp³-hybridized carbons (Fsp3) is 0.444. The number of amides is 2. The largest absolute Gasteiger partial charge is 0.465 e. The van der Waals surface area contributed by atoms with Crippen molar-refractivity contribution in [1.82, 2.24) is 19.8 Å². The third-order valence-electron chi connectivity index (χ3n) is 6.13. The number of hydrogen-bond acceptors (Lipinski definition) is 7. The van der Waals surface area contributed by atoms with Gasteiger partial charge in [-0.3, -0.25) is 14.8 Å². The standard InChI is InChI=1S/C18H23N3O5.C9H11N/c1-18(2,3)26-17(24)20-9-12(10-20)21-6-5-14-13(15(21)22)7-11(8-19-14)16(23)25-4;1-4-9-8(3)7(2)5-6-10-9/h7-8,12H,5-6,9-10H2,1-4H3;4-6H,1H2,2-3H3. The van der Waals surface area contributed by atoms with Gasteiger partial charge in [-0.2, -0.15) is 0 Å². The van der Waals surface area contributed by atoms with Crippen LogP contribution in [-0.2, 0) is 15.9 Å². The number of aromatic nitrogens is 2. The molecule has 0 radical (unpaired) electrons. The summed E-state index contributed by atoms with van der Waals surface area (Å²) >= 11 is 0. The Hall–Kier alpha value is -3.75. The highest BCUT2D eigenvalue weighted by atomic mass is 16.6. The molecule has 2 aromatic heterocycles. The van der Waals surface area contributed by atoms with Crippen LogP contribution >= 0.6 is 0 Å². The SMILES string of the molecule is C=Cc1nccc(C)c1C.COC(=O)c1cnc2c(c1)C(=O)N(C1CN(C(=O)OC(C)(C)C)C1)CC2. The van der Waals surface area contributed by atoms with Crippen molar-refractivity contribution in [1.29, 1.82) is 0 Å². The number of hydrogen-bond donors (Lipinski definition) is 0. The summed E-state index contributed by atoms with van der Waals surface area (Å²) in [6.07, 6.45) is 5.27. The van der Waals surface area contributed by atoms with Crippen molar-refractivity contribution in [2.24, 2.45) is 0 Å². The first kappa shape index (κ1) is 26.8. The summed E-state index contributed by atoms with van der Waals surface area (Å²) in [5.41, 5.74) is 4.29. The normalized spacial score (nSPS) is 15.2. The first-order valence-corrected chi connectivity index (χ1v) is 11.9. The average Bonchev–Trinajstić information content (AvgIpc) is 2.80. The second kappa shape index (κ2) is 10.9. The molecule has 0 bridgehead atoms. The third-order valence-corrected chi connectivity index (χ3v) is 6.13. The predicted molar refractivity (Wildman–Crippen MR) is 136 cm³/mol. The molecule has 9 nitrogen and oxygen atoms in total. The van der Waals surface area contributed by atoms with E-state index in [1.165, 1.54) is 30.5 Å². The molecule has 2 aromatic rings. The molecule has 0 N–H and O–H groups in total. The minimum atomic E-state index is -0.544. The maximum absolute atomic E-state index is 12.8. The van der Waals surface area contributed by atoms with E-state index in [2.05, 4.69) is 35.1 Å². The van der Waals surface area contributed by atoms with Crippen molar-refractivity contribution in [3.63, 3.8) is 0 Å². The molecule has 2 aliphatic rings. The molecular weight excluding hydrogens is 460 g/mol. The number of nitrogens with zero attached hydrogens (tertiary/aromatic N) is 4. The number of fused-ring (bicyclic) bond motifs is 1. The number of carbonyl (C=O) groups excluding carboxylic acids is 3. The Labute approximate surface area is 212 Å². The molecule has 0 saturated carbocycles. The molecule has 0 aromatic carbocycles. The Kier molecular flexibility index (Phi) is 8.12. The van der Waals surface area contributed by atoms with Gasteiger partial charge in [0.15, 0.2) is 0 Å². The number of carbonyl (C=O) groups is 3. The Balaban J connectivity index is 0.000000303. The molecule has 0 unspecified atom stereocenters. The van der Waals surface area contributed by atoms with E-state index in [-0.39, 0.29) is 23.6 Å². The summed E-state index contributed by atoms with van der Waals surface area (Å²) in [6.45, 7) is 14.7. The van der Waals surface area contributed by atoms with E-state index in [0.29, 0.717) is 37.3 Å². The lowest BCUT2D eigenvalue weighted by Gasteiger charge is -2.46. The van der Waals surface area contributed by atoms with Gasteiger partial charge in [0.05, 0.1) is 35.7 Å². The van der Waals surface area contributed by atoms with Gasteiger partial charge in [-0.25, -0.2) is 9.59 Å². The van der Waals surface area contributed by atoms with Gasteiger partial charge in [0.2, 0.25) is 0 Å². The lowest BCUT2D eigenvalue weighted by molar-refractivity contribution is -0.0134. The van der Waals surface area contributed by atoms with Crippen molar-refractivity contribution in [2.45, 2.75) is 52.7 Å². The summed E-state index contributed by atoms with van der Waals surface area (Å²) in [4.78, 5) is 48.2. The molecule has 9 heteroatoms. The van der Waals surface area contributed by atoms with Crippen LogP contribution < -0.4 is 0 Å². The van der Waals surface area contributed by atoms with Crippen LogP contribution in [0.4, 0.5) is 4.79 Å². The van der Waals surface area contributed by atoms with E-state index in [9.17, 15) is 14.4 Å². The first-order valence-electron chi connectivity index (χ1n) is 11.9. The van der Waals surface area contributed by atoms with Crippen LogP contribution in [0, 0.1) is 13.8 Å². The zero-order valence-corrected chi connectivity index (χ0v) is 21.8. The highest BCUT2D eigenvalue weighted by Gasteiger charge is 2.41. The molecule has 4 heterocycles. The molecule has 36 heavy (non-hydrogen) atoms. The van der Waals surface area contributed by atoms with Crippen LogP contribution in [0.3, 0.4) is 0 Å². The van der Waals surface area contributed by atoms with Crippen molar-refractivity contribution in [2.75, 3.05) is 26.7 Å². The fourth-order valence-electron chi connectivity index (χ4n) is 3.92. The van der Waals surface area contributed by atoms with Crippen molar-refractivity contribution >= 4 is 24.0 Å². The Morgan fingerprint density at radius 2 is 1.89 bits per heavy atom. The van der Waals surface area contributed by atoms with E-state index in [0.717, 1.165) is 5.69 Å². The minimum Gasteiger partial charge on any atom is -0.465 e. The molecule has 2 aliphatic heterocycles. The van der Waals surface area contributed by atoms with Gasteiger partial charge >= 0.3 is 12.1 Å². The number of pyridine rings is 2. The van der Waals surface area contributed by atoms with E-state index in [1.807, 2.05) is 26.8 Å². The molecule has 1 saturated heterocycles. The number of rotatable bonds is 3. The number of aryl methyl sites for hydroxylation is 1. The topological polar surface area (TPSA) is 102 Å². The van der Waals surface area contributed by atoms with Crippen LogP contribution in [0.1, 0.15) is 64.0 Å². The van der Waals surface area contributed by atoms with Crippen LogP contribution in [0.5, 0.6) is 0 Å². The van der Waals surface area contributed by atoms with Crippen LogP contribution in [0.25, 0.3) is 6.08 Å². The number of likely N-dealkylation sites (tertiary alicyclic amines) is 1. The fourth-order valence-corrected chi connectivity index (χ4v) is 3.92. The van der Waals surface area contributed by atoms with Gasteiger partial charge in [-0.1, -0.05) is 6.58 Å². The number of ether oxygens (including phenoxy) is 2. The van der Waals surface area contributed by atoms with Crippen LogP contribution in [0.2, 0.25) is 0 Å². The quantitative estimate of drug-likeness (QED) is 0.598. The Bertz CT molecular complexity index is 1170. The highest BCUT2D eigenvalue weighted by Crippen LogP contribution is 2.25. The first-order chi connectivity index (χ1) is 16.9. The third kappa shape index (κ3) is 6.08. The van der Waals surface area contributed by atoms with E-state index >= 15 is 0 Å². The Morgan fingerprint density at radius 3 is 2.47 bits per heavy atom. The number of esters is 1. The van der Waals surface area contributed by atoms with Gasteiger partial charge in [0, 0.05) is 38.4 Å². The monoisotopic (exact) mass is 494 g/mol. The predicted octanol–water partition coefficient (Wildman–Crippen LogP) is 3.83. The summed E-state index contributed by atoms with van der Waals surface area (Å²) in [6, 6.07) is 3.49. The van der Waals surface area contributed by atoms with Gasteiger partial charge in [-0.05, 0) is 64.0 Å². The molecule has 1 fully saturated rings. The zero-order chi connectivity index (χ0) is 26.6. The maximum atomic E-state index is 12.8. The second-order valence-corrected chi connectivity index (χ2v) is 9.84. The maximum Gasteiger partial charge on any atom is 0.410 e. The van der Waals surface area contributed by atoms with Crippen molar-refractivity contribution in [3.8, 4) is 0 Å². The van der Waals surface area contributed by atoms with Crippen LogP contribution in [-0.4, -0.2) is 76.1 Å². The molecule has 192 valence electrons. The smallest absolute Gasteiger partial charge is 0.410 e. The molecular formula is C27H34N4O5. The van der Waals surface area contributed by atoms with Crippen molar-refractivity contribution in [3.05, 3.63) is 64.7 Å². The lowest BCUT2D eigenvalue weighted by atomic mass is 9.98. The van der Waals surface area contributed by atoms with E-state index in [4.69, 9.17) is 4.74 Å². The van der Waals surface area contributed by atoms with Gasteiger partial charge in [0.1, 0.15) is 5.60 Å². The number of methoxy groups -OCH3 is 1. The Morgan fingerprint density at radius 1 is 1.19 bits per heavy atom. The summed E-state index contributed by atoms with van der Waals surface area (Å²) < 4.78 is 10.0. The van der Waals surface area contributed by atoms with Gasteiger partial charge in [0.25, 0.3) is 5.91 Å². The van der Waals surface area contributed by atoms with Crippen LogP contribution in [0.15, 0.2) is 31.1 Å². The molecule has 2 amide bonds. The minimum absolute atomic E-state index is 0.0510. The van der Waals surface area contributed by atoms with E-state index < -0.39 is 11.6 Å².